The summed E-state index contributed by atoms with van der Waals surface area (Å²) in [7, 11) is -3.95. The highest BCUT2D eigenvalue weighted by atomic mass is 32.2. The summed E-state index contributed by atoms with van der Waals surface area (Å²) in [5.41, 5.74) is -0.974. The fraction of sp³-hybridized carbons (Fsp3) is 0.500. The molecule has 1 saturated heterocycles. The molecule has 0 radical (unpaired) electrons. The lowest BCUT2D eigenvalue weighted by Crippen LogP contribution is -2.39. The number of hydrogen-bond acceptors (Lipinski definition) is 3. The summed E-state index contributed by atoms with van der Waals surface area (Å²) < 4.78 is 64.4. The van der Waals surface area contributed by atoms with Gasteiger partial charge in [0.2, 0.25) is 10.0 Å². The van der Waals surface area contributed by atoms with Crippen molar-refractivity contribution in [3.63, 3.8) is 0 Å². The lowest BCUT2D eigenvalue weighted by atomic mass is 10.1. The molecule has 0 spiro atoms. The van der Waals surface area contributed by atoms with Gasteiger partial charge in [-0.2, -0.15) is 13.2 Å². The summed E-state index contributed by atoms with van der Waals surface area (Å²) in [4.78, 5) is -0.369. The van der Waals surface area contributed by atoms with Gasteiger partial charge in [0.1, 0.15) is 0 Å². The molecule has 1 heterocycles. The minimum absolute atomic E-state index is 0.0931. The van der Waals surface area contributed by atoms with Crippen molar-refractivity contribution >= 4 is 10.0 Å². The molecular weight excluding hydrogens is 293 g/mol. The van der Waals surface area contributed by atoms with Crippen molar-refractivity contribution in [1.29, 1.82) is 0 Å². The Morgan fingerprint density at radius 3 is 2.55 bits per heavy atom. The molecule has 0 aromatic heterocycles. The Balaban J connectivity index is 2.25. The maximum atomic E-state index is 12.6. The van der Waals surface area contributed by atoms with Gasteiger partial charge in [-0.1, -0.05) is 13.0 Å². The molecule has 4 nitrogen and oxygen atoms in total. The van der Waals surface area contributed by atoms with Gasteiger partial charge < -0.3 is 5.32 Å². The van der Waals surface area contributed by atoms with Gasteiger partial charge in [0, 0.05) is 12.6 Å². The number of halogens is 3. The average Bonchev–Trinajstić information content (AvgIpc) is 2.73. The van der Waals surface area contributed by atoms with Gasteiger partial charge in [0.15, 0.2) is 0 Å². The van der Waals surface area contributed by atoms with Crippen LogP contribution in [0.15, 0.2) is 29.2 Å². The second kappa shape index (κ2) is 5.34. The zero-order valence-electron chi connectivity index (χ0n) is 10.7. The van der Waals surface area contributed by atoms with Crippen molar-refractivity contribution < 1.29 is 21.6 Å². The van der Waals surface area contributed by atoms with Crippen LogP contribution >= 0.6 is 0 Å². The summed E-state index contributed by atoms with van der Waals surface area (Å²) >= 11 is 0. The number of sulfonamides is 1. The van der Waals surface area contributed by atoms with Gasteiger partial charge in [0.05, 0.1) is 10.5 Å². The van der Waals surface area contributed by atoms with E-state index < -0.39 is 21.8 Å². The number of alkyl halides is 3. The van der Waals surface area contributed by atoms with Crippen molar-refractivity contribution in [2.24, 2.45) is 5.92 Å². The lowest BCUT2D eigenvalue weighted by molar-refractivity contribution is -0.137. The van der Waals surface area contributed by atoms with Crippen LogP contribution in [-0.4, -0.2) is 27.5 Å². The smallest absolute Gasteiger partial charge is 0.315 e. The SMILES string of the molecule is CC1CNCC1NS(=O)(=O)c1cccc(C(F)(F)F)c1. The minimum Gasteiger partial charge on any atom is -0.315 e. The summed E-state index contributed by atoms with van der Waals surface area (Å²) in [6, 6.07) is 3.43. The first-order valence-corrected chi connectivity index (χ1v) is 7.59. The number of hydrogen-bond donors (Lipinski definition) is 2. The van der Waals surface area contributed by atoms with E-state index in [4.69, 9.17) is 0 Å². The third-order valence-electron chi connectivity index (χ3n) is 3.30. The monoisotopic (exact) mass is 308 g/mol. The average molecular weight is 308 g/mol. The third kappa shape index (κ3) is 3.31. The molecule has 1 fully saturated rings. The number of rotatable bonds is 3. The quantitative estimate of drug-likeness (QED) is 0.891. The van der Waals surface area contributed by atoms with Crippen LogP contribution in [0.3, 0.4) is 0 Å². The molecule has 2 unspecified atom stereocenters. The first kappa shape index (κ1) is 15.3. The predicted molar refractivity (Wildman–Crippen MR) is 67.6 cm³/mol. The lowest BCUT2D eigenvalue weighted by Gasteiger charge is -2.17. The number of benzene rings is 1. The van der Waals surface area contributed by atoms with E-state index in [1.165, 1.54) is 0 Å². The van der Waals surface area contributed by atoms with Crippen LogP contribution in [-0.2, 0) is 16.2 Å². The second-order valence-electron chi connectivity index (χ2n) is 4.89. The Morgan fingerprint density at radius 2 is 2.00 bits per heavy atom. The van der Waals surface area contributed by atoms with Crippen LogP contribution in [0.2, 0.25) is 0 Å². The zero-order valence-corrected chi connectivity index (χ0v) is 11.6. The van der Waals surface area contributed by atoms with Gasteiger partial charge in [-0.15, -0.1) is 0 Å². The zero-order chi connectivity index (χ0) is 15.0. The van der Waals surface area contributed by atoms with Gasteiger partial charge in [-0.25, -0.2) is 13.1 Å². The summed E-state index contributed by atoms with van der Waals surface area (Å²) in [6.07, 6.45) is -4.56. The van der Waals surface area contributed by atoms with Gasteiger partial charge in [-0.3, -0.25) is 0 Å². The van der Waals surface area contributed by atoms with Gasteiger partial charge in [-0.05, 0) is 30.7 Å². The predicted octanol–water partition coefficient (Wildman–Crippen LogP) is 1.59. The molecule has 20 heavy (non-hydrogen) atoms. The molecule has 1 aromatic rings. The first-order chi connectivity index (χ1) is 9.20. The maximum absolute atomic E-state index is 12.6. The third-order valence-corrected chi connectivity index (χ3v) is 4.78. The standard InChI is InChI=1S/C12H15F3N2O2S/c1-8-6-16-7-11(8)17-20(18,19)10-4-2-3-9(5-10)12(13,14)15/h2-5,8,11,16-17H,6-7H2,1H3. The van der Waals surface area contributed by atoms with Crippen molar-refractivity contribution in [3.05, 3.63) is 29.8 Å². The van der Waals surface area contributed by atoms with Crippen molar-refractivity contribution in [2.75, 3.05) is 13.1 Å². The normalized spacial score (nSPS) is 24.0. The van der Waals surface area contributed by atoms with E-state index >= 15 is 0 Å². The van der Waals surface area contributed by atoms with Crippen LogP contribution < -0.4 is 10.0 Å². The molecule has 112 valence electrons. The Labute approximate surface area is 115 Å². The molecule has 0 bridgehead atoms. The summed E-state index contributed by atoms with van der Waals surface area (Å²) in [6.45, 7) is 3.02. The Hall–Kier alpha value is -1.12. The number of nitrogens with one attached hydrogen (secondary N) is 2. The van der Waals surface area contributed by atoms with E-state index in [2.05, 4.69) is 10.0 Å². The van der Waals surface area contributed by atoms with E-state index in [1.54, 1.807) is 0 Å². The van der Waals surface area contributed by atoms with Crippen LogP contribution in [0.4, 0.5) is 13.2 Å². The molecule has 2 N–H and O–H groups in total. The summed E-state index contributed by atoms with van der Waals surface area (Å²) in [5.74, 6) is 0.0931. The van der Waals surface area contributed by atoms with Crippen molar-refractivity contribution in [2.45, 2.75) is 24.0 Å². The molecule has 1 aliphatic rings. The minimum atomic E-state index is -4.56. The van der Waals surface area contributed by atoms with Gasteiger partial charge >= 0.3 is 6.18 Å². The molecule has 1 aromatic carbocycles. The molecule has 1 aliphatic heterocycles. The largest absolute Gasteiger partial charge is 0.416 e. The molecule has 0 saturated carbocycles. The highest BCUT2D eigenvalue weighted by Gasteiger charge is 2.33. The van der Waals surface area contributed by atoms with E-state index in [-0.39, 0.29) is 16.9 Å². The van der Waals surface area contributed by atoms with Crippen molar-refractivity contribution in [3.8, 4) is 0 Å². The molecule has 2 atom stereocenters. The molecule has 0 amide bonds. The fourth-order valence-electron chi connectivity index (χ4n) is 2.07. The Bertz CT molecular complexity index is 587. The van der Waals surface area contributed by atoms with Crippen molar-refractivity contribution in [1.82, 2.24) is 10.0 Å². The van der Waals surface area contributed by atoms with Crippen LogP contribution in [0.5, 0.6) is 0 Å². The summed E-state index contributed by atoms with van der Waals surface area (Å²) in [5, 5.41) is 3.02. The van der Waals surface area contributed by atoms with Crippen LogP contribution in [0, 0.1) is 5.92 Å². The topological polar surface area (TPSA) is 58.2 Å². The second-order valence-corrected chi connectivity index (χ2v) is 6.60. The maximum Gasteiger partial charge on any atom is 0.416 e. The van der Waals surface area contributed by atoms with Crippen LogP contribution in [0.1, 0.15) is 12.5 Å². The fourth-order valence-corrected chi connectivity index (χ4v) is 3.46. The van der Waals surface area contributed by atoms with E-state index in [9.17, 15) is 21.6 Å². The Morgan fingerprint density at radius 1 is 1.30 bits per heavy atom. The molecule has 0 aliphatic carbocycles. The molecule has 8 heteroatoms. The molecular formula is C12H15F3N2O2S. The van der Waals surface area contributed by atoms with Gasteiger partial charge in [0.25, 0.3) is 0 Å². The Kier molecular flexibility index (Phi) is 4.08. The first-order valence-electron chi connectivity index (χ1n) is 6.10. The van der Waals surface area contributed by atoms with Crippen LogP contribution in [0.25, 0.3) is 0 Å². The van der Waals surface area contributed by atoms with E-state index in [0.29, 0.717) is 19.2 Å². The van der Waals surface area contributed by atoms with E-state index in [1.807, 2.05) is 6.92 Å². The highest BCUT2D eigenvalue weighted by molar-refractivity contribution is 7.89. The van der Waals surface area contributed by atoms with E-state index in [0.717, 1.165) is 18.2 Å². The highest BCUT2D eigenvalue weighted by Crippen LogP contribution is 2.30. The molecule has 2 rings (SSSR count).